The maximum absolute atomic E-state index is 11.9. The third-order valence-electron chi connectivity index (χ3n) is 3.81. The SMILES string of the molecule is Cc1cn([C@H]2C[C@H](C)[C@@H](CC(C)(C)C)O2)c(=O)[nH]c1=O. The minimum atomic E-state index is -0.394. The van der Waals surface area contributed by atoms with E-state index in [1.165, 1.54) is 4.57 Å². The summed E-state index contributed by atoms with van der Waals surface area (Å²) < 4.78 is 7.56. The molecule has 1 aliphatic heterocycles. The highest BCUT2D eigenvalue weighted by Crippen LogP contribution is 2.38. The van der Waals surface area contributed by atoms with Crippen LogP contribution < -0.4 is 11.2 Å². The van der Waals surface area contributed by atoms with Crippen molar-refractivity contribution >= 4 is 0 Å². The Labute approximate surface area is 119 Å². The van der Waals surface area contributed by atoms with Crippen LogP contribution in [-0.2, 0) is 4.74 Å². The van der Waals surface area contributed by atoms with Gasteiger partial charge in [0.05, 0.1) is 6.10 Å². The largest absolute Gasteiger partial charge is 0.354 e. The molecule has 5 nitrogen and oxygen atoms in total. The highest BCUT2D eigenvalue weighted by molar-refractivity contribution is 5.01. The minimum Gasteiger partial charge on any atom is -0.354 e. The molecule has 0 bridgehead atoms. The Bertz CT molecular complexity index is 594. The number of aromatic amines is 1. The lowest BCUT2D eigenvalue weighted by Gasteiger charge is -2.25. The van der Waals surface area contributed by atoms with E-state index in [0.717, 1.165) is 12.8 Å². The third kappa shape index (κ3) is 3.20. The Morgan fingerprint density at radius 2 is 2.05 bits per heavy atom. The fourth-order valence-electron chi connectivity index (χ4n) is 2.69. The second-order valence-corrected chi connectivity index (χ2v) is 7.09. The smallest absolute Gasteiger partial charge is 0.330 e. The summed E-state index contributed by atoms with van der Waals surface area (Å²) in [6.07, 6.45) is 3.23. The molecule has 0 aromatic carbocycles. The lowest BCUT2D eigenvalue weighted by Crippen LogP contribution is -2.33. The monoisotopic (exact) mass is 280 g/mol. The molecule has 112 valence electrons. The number of nitrogens with one attached hydrogen (secondary N) is 1. The van der Waals surface area contributed by atoms with Crippen molar-refractivity contribution in [3.8, 4) is 0 Å². The zero-order chi connectivity index (χ0) is 15.1. The van der Waals surface area contributed by atoms with Crippen LogP contribution in [0.5, 0.6) is 0 Å². The van der Waals surface area contributed by atoms with Gasteiger partial charge in [-0.3, -0.25) is 14.3 Å². The summed E-state index contributed by atoms with van der Waals surface area (Å²) in [5.41, 5.74) is -0.00227. The average molecular weight is 280 g/mol. The molecule has 2 rings (SSSR count). The molecule has 1 saturated heterocycles. The molecule has 0 unspecified atom stereocenters. The van der Waals surface area contributed by atoms with Crippen LogP contribution in [0.3, 0.4) is 0 Å². The van der Waals surface area contributed by atoms with Crippen LogP contribution in [-0.4, -0.2) is 15.7 Å². The van der Waals surface area contributed by atoms with Gasteiger partial charge < -0.3 is 4.74 Å². The molecule has 1 aromatic heterocycles. The van der Waals surface area contributed by atoms with Crippen LogP contribution in [0, 0.1) is 18.3 Å². The molecule has 20 heavy (non-hydrogen) atoms. The van der Waals surface area contributed by atoms with Crippen LogP contribution in [0.1, 0.15) is 52.3 Å². The lowest BCUT2D eigenvalue weighted by atomic mass is 9.85. The van der Waals surface area contributed by atoms with Crippen LogP contribution in [0.25, 0.3) is 0 Å². The molecule has 1 aromatic rings. The van der Waals surface area contributed by atoms with Gasteiger partial charge in [-0.2, -0.15) is 0 Å². The van der Waals surface area contributed by atoms with Gasteiger partial charge in [-0.25, -0.2) is 4.79 Å². The van der Waals surface area contributed by atoms with Crippen molar-refractivity contribution < 1.29 is 4.74 Å². The summed E-state index contributed by atoms with van der Waals surface area (Å²) in [6.45, 7) is 10.4. The first-order chi connectivity index (χ1) is 9.17. The molecular formula is C15H24N2O3. The molecule has 1 fully saturated rings. The quantitative estimate of drug-likeness (QED) is 0.903. The van der Waals surface area contributed by atoms with Crippen molar-refractivity contribution in [2.45, 2.75) is 59.8 Å². The number of aryl methyl sites for hydroxylation is 1. The Morgan fingerprint density at radius 3 is 2.65 bits per heavy atom. The third-order valence-corrected chi connectivity index (χ3v) is 3.81. The summed E-state index contributed by atoms with van der Waals surface area (Å²) >= 11 is 0. The van der Waals surface area contributed by atoms with E-state index in [1.54, 1.807) is 13.1 Å². The van der Waals surface area contributed by atoms with Gasteiger partial charge in [0, 0.05) is 11.8 Å². The van der Waals surface area contributed by atoms with Crippen molar-refractivity contribution in [3.63, 3.8) is 0 Å². The van der Waals surface area contributed by atoms with E-state index in [2.05, 4.69) is 32.7 Å². The normalized spacial score (nSPS) is 26.9. The van der Waals surface area contributed by atoms with Gasteiger partial charge in [0.2, 0.25) is 0 Å². The van der Waals surface area contributed by atoms with Gasteiger partial charge in [-0.05, 0) is 31.1 Å². The van der Waals surface area contributed by atoms with Gasteiger partial charge in [-0.15, -0.1) is 0 Å². The minimum absolute atomic E-state index is 0.152. The van der Waals surface area contributed by atoms with Crippen molar-refractivity contribution in [1.29, 1.82) is 0 Å². The van der Waals surface area contributed by atoms with Crippen LogP contribution >= 0.6 is 0 Å². The van der Waals surface area contributed by atoms with E-state index in [4.69, 9.17) is 4.74 Å². The summed E-state index contributed by atoms with van der Waals surface area (Å²) in [6, 6.07) is 0. The predicted octanol–water partition coefficient (Wildman–Crippen LogP) is 2.20. The van der Waals surface area contributed by atoms with Gasteiger partial charge in [0.1, 0.15) is 6.23 Å². The summed E-state index contributed by atoms with van der Waals surface area (Å²) in [5.74, 6) is 0.401. The fourth-order valence-corrected chi connectivity index (χ4v) is 2.69. The highest BCUT2D eigenvalue weighted by Gasteiger charge is 2.35. The second kappa shape index (κ2) is 5.20. The molecule has 1 N–H and O–H groups in total. The van der Waals surface area contributed by atoms with Crippen LogP contribution in [0.4, 0.5) is 0 Å². The van der Waals surface area contributed by atoms with Gasteiger partial charge in [0.15, 0.2) is 0 Å². The average Bonchev–Trinajstić information content (AvgIpc) is 2.63. The Morgan fingerprint density at radius 1 is 1.40 bits per heavy atom. The van der Waals surface area contributed by atoms with Crippen molar-refractivity contribution in [2.75, 3.05) is 0 Å². The van der Waals surface area contributed by atoms with E-state index in [0.29, 0.717) is 11.5 Å². The van der Waals surface area contributed by atoms with Crippen molar-refractivity contribution in [2.24, 2.45) is 11.3 Å². The summed E-state index contributed by atoms with van der Waals surface area (Å²) in [4.78, 5) is 25.7. The molecule has 0 amide bonds. The summed E-state index contributed by atoms with van der Waals surface area (Å²) in [5, 5.41) is 0. The predicted molar refractivity (Wildman–Crippen MR) is 77.8 cm³/mol. The molecular weight excluding hydrogens is 256 g/mol. The Kier molecular flexibility index (Phi) is 3.91. The van der Waals surface area contributed by atoms with E-state index in [-0.39, 0.29) is 23.3 Å². The van der Waals surface area contributed by atoms with Gasteiger partial charge in [0.25, 0.3) is 5.56 Å². The fraction of sp³-hybridized carbons (Fsp3) is 0.733. The number of hydrogen-bond acceptors (Lipinski definition) is 3. The molecule has 5 heteroatoms. The topological polar surface area (TPSA) is 64.1 Å². The first-order valence-corrected chi connectivity index (χ1v) is 7.15. The van der Waals surface area contributed by atoms with E-state index < -0.39 is 5.69 Å². The van der Waals surface area contributed by atoms with Gasteiger partial charge >= 0.3 is 5.69 Å². The molecule has 0 radical (unpaired) electrons. The van der Waals surface area contributed by atoms with Crippen molar-refractivity contribution in [1.82, 2.24) is 9.55 Å². The maximum atomic E-state index is 11.9. The Balaban J connectivity index is 2.22. The van der Waals surface area contributed by atoms with E-state index in [9.17, 15) is 9.59 Å². The standard InChI is InChI=1S/C15H24N2O3/c1-9-6-12(20-11(9)7-15(3,4)5)17-8-10(2)13(18)16-14(17)19/h8-9,11-12H,6-7H2,1-5H3,(H,16,18,19)/t9-,11+,12+/m0/s1. The maximum Gasteiger partial charge on any atom is 0.330 e. The molecule has 0 aliphatic carbocycles. The number of nitrogens with zero attached hydrogens (tertiary/aromatic N) is 1. The number of H-pyrrole nitrogens is 1. The highest BCUT2D eigenvalue weighted by atomic mass is 16.5. The zero-order valence-corrected chi connectivity index (χ0v) is 12.9. The second-order valence-electron chi connectivity index (χ2n) is 7.09. The zero-order valence-electron chi connectivity index (χ0n) is 12.9. The molecule has 0 spiro atoms. The lowest BCUT2D eigenvalue weighted by molar-refractivity contribution is -0.0236. The molecule has 0 saturated carbocycles. The summed E-state index contributed by atoms with van der Waals surface area (Å²) in [7, 11) is 0. The number of hydrogen-bond donors (Lipinski definition) is 1. The first-order valence-electron chi connectivity index (χ1n) is 7.15. The number of ether oxygens (including phenoxy) is 1. The number of aromatic nitrogens is 2. The Hall–Kier alpha value is -1.36. The van der Waals surface area contributed by atoms with E-state index in [1.807, 2.05) is 0 Å². The van der Waals surface area contributed by atoms with Crippen LogP contribution in [0.2, 0.25) is 0 Å². The first kappa shape index (κ1) is 15.0. The van der Waals surface area contributed by atoms with Crippen molar-refractivity contribution in [3.05, 3.63) is 32.6 Å². The molecule has 3 atom stereocenters. The molecule has 2 heterocycles. The van der Waals surface area contributed by atoms with Crippen LogP contribution in [0.15, 0.2) is 15.8 Å². The van der Waals surface area contributed by atoms with E-state index >= 15 is 0 Å². The number of rotatable bonds is 2. The van der Waals surface area contributed by atoms with Gasteiger partial charge in [-0.1, -0.05) is 27.7 Å². The molecule has 1 aliphatic rings.